The van der Waals surface area contributed by atoms with E-state index in [1.54, 1.807) is 0 Å². The summed E-state index contributed by atoms with van der Waals surface area (Å²) in [6.45, 7) is 0. The second-order valence-electron chi connectivity index (χ2n) is 4.79. The van der Waals surface area contributed by atoms with Crippen LogP contribution in [0.2, 0.25) is 0 Å². The molecule has 1 saturated carbocycles. The summed E-state index contributed by atoms with van der Waals surface area (Å²) < 4.78 is 4.28. The van der Waals surface area contributed by atoms with Crippen LogP contribution >= 0.6 is 39.9 Å². The number of aromatic nitrogens is 2. The number of benzene rings is 1. The van der Waals surface area contributed by atoms with Crippen molar-refractivity contribution in [1.82, 2.24) is 9.55 Å². The van der Waals surface area contributed by atoms with Gasteiger partial charge in [0.15, 0.2) is 4.77 Å². The first-order valence-corrected chi connectivity index (χ1v) is 8.60. The second-order valence-corrected chi connectivity index (χ2v) is 7.23. The summed E-state index contributed by atoms with van der Waals surface area (Å²) in [7, 11) is 0. The van der Waals surface area contributed by atoms with Crippen molar-refractivity contribution in [2.75, 3.05) is 6.26 Å². The van der Waals surface area contributed by atoms with Gasteiger partial charge in [-0.25, -0.2) is 0 Å². The molecule has 2 atom stereocenters. The monoisotopic (exact) mass is 342 g/mol. The van der Waals surface area contributed by atoms with Crippen LogP contribution in [0.3, 0.4) is 0 Å². The number of rotatable bonds is 2. The molecule has 1 N–H and O–H groups in total. The third-order valence-corrected chi connectivity index (χ3v) is 5.62. The molecule has 1 aromatic carbocycles. The molecule has 1 aliphatic rings. The first-order chi connectivity index (χ1) is 8.69. The quantitative estimate of drug-likeness (QED) is 0.782. The van der Waals surface area contributed by atoms with Gasteiger partial charge in [-0.1, -0.05) is 15.9 Å². The topological polar surface area (TPSA) is 20.7 Å². The zero-order chi connectivity index (χ0) is 12.7. The van der Waals surface area contributed by atoms with E-state index >= 15 is 0 Å². The number of nitrogens with zero attached hydrogens (tertiary/aromatic N) is 1. The number of hydrogen-bond donors (Lipinski definition) is 1. The van der Waals surface area contributed by atoms with Crippen LogP contribution in [0, 0.1) is 4.77 Å². The maximum atomic E-state index is 5.49. The van der Waals surface area contributed by atoms with Crippen LogP contribution in [0.25, 0.3) is 11.0 Å². The zero-order valence-electron chi connectivity index (χ0n) is 10.1. The highest BCUT2D eigenvalue weighted by atomic mass is 79.9. The van der Waals surface area contributed by atoms with Crippen LogP contribution < -0.4 is 0 Å². The van der Waals surface area contributed by atoms with E-state index in [1.165, 1.54) is 24.8 Å². The minimum Gasteiger partial charge on any atom is -0.331 e. The van der Waals surface area contributed by atoms with Gasteiger partial charge in [0.05, 0.1) is 11.0 Å². The standard InChI is InChI=1S/C13H15BrN2S2/c1-18-10-4-3-9(7-10)16-12-6-8(14)2-5-11(12)15-13(16)17/h2,5-6,9-10H,3-4,7H2,1H3,(H,15,17). The Labute approximate surface area is 124 Å². The van der Waals surface area contributed by atoms with Crippen molar-refractivity contribution in [1.29, 1.82) is 0 Å². The van der Waals surface area contributed by atoms with Gasteiger partial charge in [-0.2, -0.15) is 11.8 Å². The number of H-pyrrole nitrogens is 1. The van der Waals surface area contributed by atoms with Crippen molar-refractivity contribution < 1.29 is 0 Å². The first-order valence-electron chi connectivity index (χ1n) is 6.11. The Bertz CT molecular complexity index is 631. The predicted molar refractivity (Wildman–Crippen MR) is 85.0 cm³/mol. The Morgan fingerprint density at radius 2 is 2.28 bits per heavy atom. The number of imidazole rings is 1. The van der Waals surface area contributed by atoms with Gasteiger partial charge in [0.25, 0.3) is 0 Å². The molecular formula is C13H15BrN2S2. The molecule has 96 valence electrons. The van der Waals surface area contributed by atoms with Gasteiger partial charge in [0, 0.05) is 15.8 Å². The normalized spacial score (nSPS) is 23.9. The van der Waals surface area contributed by atoms with Crippen LogP contribution in [0.4, 0.5) is 0 Å². The molecule has 3 rings (SSSR count). The van der Waals surface area contributed by atoms with E-state index in [4.69, 9.17) is 12.2 Å². The molecule has 0 spiro atoms. The number of thioether (sulfide) groups is 1. The Balaban J connectivity index is 2.08. The Morgan fingerprint density at radius 3 is 3.00 bits per heavy atom. The minimum atomic E-state index is 0.554. The molecular weight excluding hydrogens is 328 g/mol. The van der Waals surface area contributed by atoms with Crippen molar-refractivity contribution in [2.24, 2.45) is 0 Å². The van der Waals surface area contributed by atoms with Crippen LogP contribution in [-0.4, -0.2) is 21.1 Å². The lowest BCUT2D eigenvalue weighted by Crippen LogP contribution is -2.06. The molecule has 1 heterocycles. The molecule has 2 unspecified atom stereocenters. The highest BCUT2D eigenvalue weighted by Gasteiger charge is 2.26. The molecule has 0 bridgehead atoms. The van der Waals surface area contributed by atoms with Gasteiger partial charge < -0.3 is 9.55 Å². The third-order valence-electron chi connectivity index (χ3n) is 3.74. The van der Waals surface area contributed by atoms with Crippen molar-refractivity contribution in [3.63, 3.8) is 0 Å². The predicted octanol–water partition coefficient (Wildman–Crippen LogP) is 4.92. The molecule has 0 aliphatic heterocycles. The number of hydrogen-bond acceptors (Lipinski definition) is 2. The molecule has 18 heavy (non-hydrogen) atoms. The average molecular weight is 343 g/mol. The molecule has 0 radical (unpaired) electrons. The number of fused-ring (bicyclic) bond motifs is 1. The maximum Gasteiger partial charge on any atom is 0.178 e. The molecule has 1 aliphatic carbocycles. The van der Waals surface area contributed by atoms with E-state index in [0.717, 1.165) is 20.0 Å². The molecule has 1 fully saturated rings. The number of nitrogens with one attached hydrogen (secondary N) is 1. The fraction of sp³-hybridized carbons (Fsp3) is 0.462. The van der Waals surface area contributed by atoms with E-state index in [0.29, 0.717) is 6.04 Å². The highest BCUT2D eigenvalue weighted by molar-refractivity contribution is 9.10. The number of halogens is 1. The van der Waals surface area contributed by atoms with Gasteiger partial charge in [0.2, 0.25) is 0 Å². The second kappa shape index (κ2) is 5.02. The molecule has 2 nitrogen and oxygen atoms in total. The summed E-state index contributed by atoms with van der Waals surface area (Å²) in [6.07, 6.45) is 5.97. The summed E-state index contributed by atoms with van der Waals surface area (Å²) in [6, 6.07) is 6.86. The first kappa shape index (κ1) is 12.8. The van der Waals surface area contributed by atoms with E-state index < -0.39 is 0 Å². The highest BCUT2D eigenvalue weighted by Crippen LogP contribution is 2.38. The van der Waals surface area contributed by atoms with Gasteiger partial charge >= 0.3 is 0 Å². The fourth-order valence-corrected chi connectivity index (χ4v) is 4.32. The maximum absolute atomic E-state index is 5.49. The number of aromatic amines is 1. The SMILES string of the molecule is CSC1CCC(n2c(=S)[nH]c3ccc(Br)cc32)C1. The third kappa shape index (κ3) is 2.17. The van der Waals surface area contributed by atoms with E-state index in [2.05, 4.69) is 49.9 Å². The van der Waals surface area contributed by atoms with Gasteiger partial charge in [-0.15, -0.1) is 0 Å². The minimum absolute atomic E-state index is 0.554. The van der Waals surface area contributed by atoms with Crippen molar-refractivity contribution in [3.05, 3.63) is 27.4 Å². The Morgan fingerprint density at radius 1 is 1.44 bits per heavy atom. The van der Waals surface area contributed by atoms with Crippen LogP contribution in [0.15, 0.2) is 22.7 Å². The lowest BCUT2D eigenvalue weighted by Gasteiger charge is -2.13. The van der Waals surface area contributed by atoms with Gasteiger partial charge in [0.1, 0.15) is 0 Å². The summed E-state index contributed by atoms with van der Waals surface area (Å²) in [5.74, 6) is 0. The van der Waals surface area contributed by atoms with Crippen molar-refractivity contribution in [3.8, 4) is 0 Å². The zero-order valence-corrected chi connectivity index (χ0v) is 13.4. The molecule has 1 aromatic heterocycles. The Hall–Kier alpha value is -0.260. The summed E-state index contributed by atoms with van der Waals surface area (Å²) >= 11 is 11.0. The lowest BCUT2D eigenvalue weighted by molar-refractivity contribution is 0.527. The average Bonchev–Trinajstić information content (AvgIpc) is 2.92. The van der Waals surface area contributed by atoms with Crippen molar-refractivity contribution >= 4 is 50.9 Å². The molecule has 0 amide bonds. The smallest absolute Gasteiger partial charge is 0.178 e. The largest absolute Gasteiger partial charge is 0.331 e. The van der Waals surface area contributed by atoms with Crippen molar-refractivity contribution in [2.45, 2.75) is 30.6 Å². The Kier molecular flexibility index (Phi) is 3.56. The van der Waals surface area contributed by atoms with E-state index in [-0.39, 0.29) is 0 Å². The van der Waals surface area contributed by atoms with Gasteiger partial charge in [-0.05, 0) is 55.9 Å². The van der Waals surface area contributed by atoms with Crippen LogP contribution in [0.1, 0.15) is 25.3 Å². The van der Waals surface area contributed by atoms with E-state index in [9.17, 15) is 0 Å². The summed E-state index contributed by atoms with van der Waals surface area (Å²) in [5.41, 5.74) is 2.36. The summed E-state index contributed by atoms with van der Waals surface area (Å²) in [5, 5.41) is 0.786. The van der Waals surface area contributed by atoms with Crippen LogP contribution in [0.5, 0.6) is 0 Å². The molecule has 0 saturated heterocycles. The lowest BCUT2D eigenvalue weighted by atomic mass is 10.2. The van der Waals surface area contributed by atoms with Crippen LogP contribution in [-0.2, 0) is 0 Å². The fourth-order valence-electron chi connectivity index (χ4n) is 2.82. The van der Waals surface area contributed by atoms with E-state index in [1.807, 2.05) is 11.8 Å². The molecule has 2 aromatic rings. The summed E-state index contributed by atoms with van der Waals surface area (Å²) in [4.78, 5) is 3.31. The van der Waals surface area contributed by atoms with Gasteiger partial charge in [-0.3, -0.25) is 0 Å². The molecule has 5 heteroatoms.